The fourth-order valence-corrected chi connectivity index (χ4v) is 5.63. The van der Waals surface area contributed by atoms with E-state index in [0.717, 1.165) is 0 Å². The summed E-state index contributed by atoms with van der Waals surface area (Å²) in [5, 5.41) is 22.0. The smallest absolute Gasteiger partial charge is 0.335 e. The van der Waals surface area contributed by atoms with E-state index in [1.165, 1.54) is 34.1 Å². The van der Waals surface area contributed by atoms with Crippen LogP contribution in [0.25, 0.3) is 0 Å². The number of Topliss-reactive ketones (excluding diaryl/α,β-unsaturated/α-hetero) is 1. The summed E-state index contributed by atoms with van der Waals surface area (Å²) in [4.78, 5) is 70.6. The first-order valence-electron chi connectivity index (χ1n) is 14.8. The van der Waals surface area contributed by atoms with Crippen molar-refractivity contribution in [3.05, 3.63) is 99.6 Å². The summed E-state index contributed by atoms with van der Waals surface area (Å²) < 4.78 is 6.29. The molecular formula is C34H33ClN4O8. The molecule has 3 N–H and O–H groups in total. The van der Waals surface area contributed by atoms with Gasteiger partial charge in [-0.3, -0.25) is 24.3 Å². The summed E-state index contributed by atoms with van der Waals surface area (Å²) >= 11 is 6.21. The molecule has 0 aromatic heterocycles. The van der Waals surface area contributed by atoms with Crippen molar-refractivity contribution in [2.24, 2.45) is 4.99 Å². The van der Waals surface area contributed by atoms with E-state index in [-0.39, 0.29) is 48.3 Å². The van der Waals surface area contributed by atoms with Crippen molar-refractivity contribution in [1.82, 2.24) is 15.1 Å². The zero-order chi connectivity index (χ0) is 34.0. The summed E-state index contributed by atoms with van der Waals surface area (Å²) in [6.07, 6.45) is -0.718. The number of urea groups is 1. The van der Waals surface area contributed by atoms with Crippen LogP contribution in [0.15, 0.2) is 71.7 Å². The molecule has 2 aliphatic heterocycles. The monoisotopic (exact) mass is 660 g/mol. The maximum Gasteiger partial charge on any atom is 0.335 e. The number of aromatic carboxylic acids is 1. The first-order chi connectivity index (χ1) is 22.2. The first-order valence-corrected chi connectivity index (χ1v) is 15.2. The number of carbonyl (C=O) groups excluding carboxylic acids is 3. The molecule has 2 unspecified atom stereocenters. The highest BCUT2D eigenvalue weighted by atomic mass is 35.5. The molecule has 2 aliphatic rings. The number of aliphatic carboxylic acids is 1. The van der Waals surface area contributed by atoms with Crippen molar-refractivity contribution in [3.63, 3.8) is 0 Å². The molecule has 0 saturated carbocycles. The summed E-state index contributed by atoms with van der Waals surface area (Å²) in [6, 6.07) is 15.6. The number of amidine groups is 1. The lowest BCUT2D eigenvalue weighted by molar-refractivity contribution is -0.136. The molecule has 12 nitrogen and oxygen atoms in total. The molecule has 47 heavy (non-hydrogen) atoms. The van der Waals surface area contributed by atoms with E-state index in [0.29, 0.717) is 21.7 Å². The van der Waals surface area contributed by atoms with Crippen LogP contribution in [0.1, 0.15) is 76.7 Å². The number of carboxylic acids is 2. The highest BCUT2D eigenvalue weighted by Crippen LogP contribution is 2.45. The Labute approximate surface area is 275 Å². The third-order valence-electron chi connectivity index (χ3n) is 7.56. The van der Waals surface area contributed by atoms with Crippen LogP contribution in [0.3, 0.4) is 0 Å². The minimum atomic E-state index is -1.28. The fraction of sp³-hybridized carbons (Fsp3) is 0.294. The number of carboxylic acid groups (broad SMARTS) is 2. The maximum absolute atomic E-state index is 14.5. The topological polar surface area (TPSA) is 166 Å². The number of hydrogen-bond acceptors (Lipinski definition) is 7. The number of amides is 3. The number of ketones is 1. The Balaban J connectivity index is 1.73. The SMILES string of the molecule is CC(C)(C)Oc1cc(C(=O)CC(=O)O)ccc1C1=NC(c2ccc(Cl)cc2)C(c2ccc(C(=O)O)cc2)N1C(=O)N1CCNC(=O)C1. The van der Waals surface area contributed by atoms with Crippen LogP contribution < -0.4 is 10.1 Å². The number of nitrogens with zero attached hydrogens (tertiary/aromatic N) is 3. The van der Waals surface area contributed by atoms with E-state index in [1.54, 1.807) is 63.2 Å². The average Bonchev–Trinajstić information content (AvgIpc) is 3.40. The lowest BCUT2D eigenvalue weighted by Gasteiger charge is -2.36. The molecule has 3 aromatic carbocycles. The third kappa shape index (κ3) is 7.44. The second kappa shape index (κ2) is 13.2. The maximum atomic E-state index is 14.5. The van der Waals surface area contributed by atoms with Gasteiger partial charge in [0, 0.05) is 23.7 Å². The van der Waals surface area contributed by atoms with Crippen molar-refractivity contribution in [3.8, 4) is 5.75 Å². The van der Waals surface area contributed by atoms with E-state index < -0.39 is 47.9 Å². The normalized spacial score (nSPS) is 18.0. The Bertz CT molecular complexity index is 1770. The predicted octanol–water partition coefficient (Wildman–Crippen LogP) is 4.97. The molecule has 244 valence electrons. The summed E-state index contributed by atoms with van der Waals surface area (Å²) in [5.74, 6) is -2.95. The van der Waals surface area contributed by atoms with Gasteiger partial charge < -0.3 is 25.2 Å². The molecule has 0 aliphatic carbocycles. The van der Waals surface area contributed by atoms with Gasteiger partial charge in [0.05, 0.1) is 17.2 Å². The van der Waals surface area contributed by atoms with Crippen LogP contribution in [0, 0.1) is 0 Å². The zero-order valence-corrected chi connectivity index (χ0v) is 26.7. The number of halogens is 1. The summed E-state index contributed by atoms with van der Waals surface area (Å²) in [6.45, 7) is 5.71. The highest BCUT2D eigenvalue weighted by molar-refractivity contribution is 6.30. The Morgan fingerprint density at radius 2 is 1.60 bits per heavy atom. The number of hydrogen-bond donors (Lipinski definition) is 3. The van der Waals surface area contributed by atoms with Crippen LogP contribution in [0.4, 0.5) is 4.79 Å². The van der Waals surface area contributed by atoms with Gasteiger partial charge in [-0.25, -0.2) is 9.59 Å². The van der Waals surface area contributed by atoms with Gasteiger partial charge in [-0.1, -0.05) is 41.9 Å². The van der Waals surface area contributed by atoms with Crippen LogP contribution >= 0.6 is 11.6 Å². The Morgan fingerprint density at radius 1 is 0.957 bits per heavy atom. The van der Waals surface area contributed by atoms with Crippen LogP contribution in [-0.4, -0.2) is 80.7 Å². The van der Waals surface area contributed by atoms with Gasteiger partial charge in [0.2, 0.25) is 5.91 Å². The van der Waals surface area contributed by atoms with Crippen molar-refractivity contribution >= 4 is 47.1 Å². The van der Waals surface area contributed by atoms with E-state index in [4.69, 9.17) is 21.3 Å². The van der Waals surface area contributed by atoms with Gasteiger partial charge in [0.15, 0.2) is 5.78 Å². The Hall–Kier alpha value is -5.23. The van der Waals surface area contributed by atoms with Gasteiger partial charge in [-0.2, -0.15) is 0 Å². The molecule has 5 rings (SSSR count). The van der Waals surface area contributed by atoms with E-state index in [2.05, 4.69) is 5.32 Å². The predicted molar refractivity (Wildman–Crippen MR) is 172 cm³/mol. The molecule has 1 saturated heterocycles. The standard InChI is InChI=1S/C34H33ClN4O8/c1-34(2,3)47-26-16-22(25(40)17-28(42)43)10-13-24(26)31-37-29(19-8-11-23(35)12-9-19)30(20-4-6-21(7-5-20)32(44)45)39(31)33(46)38-15-14-36-27(41)18-38/h4-13,16,29-30H,14-15,17-18H2,1-3H3,(H,36,41)(H,42,43)(H,44,45). The second-order valence-corrected chi connectivity index (χ2v) is 12.6. The minimum Gasteiger partial charge on any atom is -0.487 e. The van der Waals surface area contributed by atoms with E-state index in [9.17, 15) is 34.2 Å². The van der Waals surface area contributed by atoms with Gasteiger partial charge in [0.25, 0.3) is 0 Å². The largest absolute Gasteiger partial charge is 0.487 e. The molecule has 3 amide bonds. The Morgan fingerprint density at radius 3 is 2.19 bits per heavy atom. The molecule has 2 atom stereocenters. The van der Waals surface area contributed by atoms with Gasteiger partial charge in [-0.05, 0) is 68.3 Å². The van der Waals surface area contributed by atoms with Crippen LogP contribution in [0.2, 0.25) is 5.02 Å². The van der Waals surface area contributed by atoms with Crippen molar-refractivity contribution in [2.45, 2.75) is 44.9 Å². The van der Waals surface area contributed by atoms with Gasteiger partial charge in [-0.15, -0.1) is 0 Å². The van der Waals surface area contributed by atoms with Crippen molar-refractivity contribution in [2.75, 3.05) is 19.6 Å². The van der Waals surface area contributed by atoms with Gasteiger partial charge in [0.1, 0.15) is 36.2 Å². The molecule has 13 heteroatoms. The molecule has 0 radical (unpaired) electrons. The number of ether oxygens (including phenoxy) is 1. The molecule has 0 spiro atoms. The van der Waals surface area contributed by atoms with Gasteiger partial charge >= 0.3 is 18.0 Å². The van der Waals surface area contributed by atoms with E-state index in [1.807, 2.05) is 0 Å². The number of benzene rings is 3. The number of nitrogens with one attached hydrogen (secondary N) is 1. The Kier molecular flexibility index (Phi) is 9.34. The van der Waals surface area contributed by atoms with E-state index >= 15 is 0 Å². The summed E-state index contributed by atoms with van der Waals surface area (Å²) in [7, 11) is 0. The third-order valence-corrected chi connectivity index (χ3v) is 7.82. The second-order valence-electron chi connectivity index (χ2n) is 12.2. The van der Waals surface area contributed by atoms with Crippen LogP contribution in [-0.2, 0) is 9.59 Å². The first kappa shape index (κ1) is 33.1. The number of rotatable bonds is 8. The van der Waals surface area contributed by atoms with Crippen molar-refractivity contribution < 1.29 is 38.9 Å². The lowest BCUT2D eigenvalue weighted by atomic mass is 9.93. The molecule has 0 bridgehead atoms. The minimum absolute atomic E-state index is 0.0593. The number of piperazine rings is 1. The molecule has 1 fully saturated rings. The highest BCUT2D eigenvalue weighted by Gasteiger charge is 2.45. The lowest BCUT2D eigenvalue weighted by Crippen LogP contribution is -2.55. The zero-order valence-electron chi connectivity index (χ0n) is 25.9. The van der Waals surface area contributed by atoms with Crippen LogP contribution in [0.5, 0.6) is 5.75 Å². The molecule has 3 aromatic rings. The average molecular weight is 661 g/mol. The number of carbonyl (C=O) groups is 5. The quantitative estimate of drug-likeness (QED) is 0.225. The van der Waals surface area contributed by atoms with Crippen molar-refractivity contribution in [1.29, 1.82) is 0 Å². The molecular weight excluding hydrogens is 628 g/mol. The fourth-order valence-electron chi connectivity index (χ4n) is 5.51. The summed E-state index contributed by atoms with van der Waals surface area (Å²) in [5.41, 5.74) is 1.03. The number of aliphatic imine (C=N–C) groups is 1. The molecule has 2 heterocycles.